The van der Waals surface area contributed by atoms with Crippen LogP contribution in [-0.4, -0.2) is 71.5 Å². The van der Waals surface area contributed by atoms with Crippen LogP contribution in [0.3, 0.4) is 0 Å². The van der Waals surface area contributed by atoms with E-state index in [1.165, 1.54) is 0 Å². The van der Waals surface area contributed by atoms with Crippen LogP contribution >= 0.6 is 25.3 Å². The number of rotatable bonds is 10. The molecule has 0 fully saturated rings. The molecular weight excluding hydrogens is 536 g/mol. The Balaban J connectivity index is -0.0000000585. The predicted octanol–water partition coefficient (Wildman–Crippen LogP) is -11.4. The van der Waals surface area contributed by atoms with Gasteiger partial charge >= 0.3 is 19.9 Å². The van der Waals surface area contributed by atoms with Crippen LogP contribution in [0.25, 0.3) is 0 Å². The fourth-order valence-electron chi connectivity index (χ4n) is 0.675. The van der Waals surface area contributed by atoms with Gasteiger partial charge in [-0.05, 0) is 0 Å². The molecule has 0 aliphatic carbocycles. The zero-order valence-corrected chi connectivity index (χ0v) is 19.5. The van der Waals surface area contributed by atoms with Gasteiger partial charge in [0.25, 0.3) is 0 Å². The molecule has 0 aliphatic heterocycles. The molecule has 19 heteroatoms. The Kier molecular flexibility index (Phi) is 30.6. The number of carbonyl (C=O) groups excluding carboxylic acids is 6. The van der Waals surface area contributed by atoms with Gasteiger partial charge in [-0.3, -0.25) is 0 Å². The summed E-state index contributed by atoms with van der Waals surface area (Å²) in [6.07, 6.45) is -1.41. The first kappa shape index (κ1) is 41.2. The molecule has 0 rings (SSSR count). The number of carbonyl (C=O) groups is 6. The maximum absolute atomic E-state index is 9.71. The maximum atomic E-state index is 9.71. The third-order valence-corrected chi connectivity index (χ3v) is 3.16. The van der Waals surface area contributed by atoms with Gasteiger partial charge in [0.05, 0.1) is 36.0 Å². The van der Waals surface area contributed by atoms with Crippen LogP contribution in [-0.2, 0) is 45.8 Å². The van der Waals surface area contributed by atoms with E-state index >= 15 is 0 Å². The minimum Gasteiger partial charge on any atom is -0.550 e. The van der Waals surface area contributed by atoms with Crippen molar-refractivity contribution in [2.75, 3.05) is 11.5 Å². The van der Waals surface area contributed by atoms with Crippen LogP contribution in [0.5, 0.6) is 0 Å². The predicted molar refractivity (Wildman–Crippen MR) is 101 cm³/mol. The zero-order valence-electron chi connectivity index (χ0n) is 18.6. The standard InChI is InChI=1S/2C4H7NO4.2C3H7NO2S.Fe/c2*5-2(4(8)9)1-3(6)7;2*4-2(1-7)3(5)6;/h2*2H,1,5H2,(H,6,7)(H,8,9);2*2,7H,1,4H2,(H,5,6);/q;;;;+2/p-4/t4*2-;/m0000./s1. The van der Waals surface area contributed by atoms with E-state index in [4.69, 9.17) is 22.9 Å². The van der Waals surface area contributed by atoms with E-state index in [9.17, 15) is 59.4 Å². The topological polar surface area (TPSA) is 345 Å². The number of aliphatic carboxylic acids is 6. The zero-order chi connectivity index (χ0) is 26.6. The Labute approximate surface area is 211 Å². The Morgan fingerprint density at radius 3 is 0.758 bits per heavy atom. The van der Waals surface area contributed by atoms with E-state index in [1.54, 1.807) is 0 Å². The van der Waals surface area contributed by atoms with Crippen molar-refractivity contribution in [3.8, 4) is 0 Å². The van der Waals surface area contributed by atoms with Gasteiger partial charge in [-0.15, -0.1) is 0 Å². The third-order valence-electron chi connectivity index (χ3n) is 2.38. The molecule has 0 saturated heterocycles. The largest absolute Gasteiger partial charge is 2.00 e. The van der Waals surface area contributed by atoms with Crippen LogP contribution in [0.1, 0.15) is 15.7 Å². The molecule has 0 aromatic rings. The minimum atomic E-state index is -1.58. The summed E-state index contributed by atoms with van der Waals surface area (Å²) in [6.45, 7) is 0. The van der Waals surface area contributed by atoms with Crippen LogP contribution in [0, 0.1) is 0 Å². The summed E-state index contributed by atoms with van der Waals surface area (Å²) in [6, 6.07) is -4.78. The van der Waals surface area contributed by atoms with Crippen molar-refractivity contribution in [1.82, 2.24) is 0 Å². The number of hydrogen-bond acceptors (Lipinski definition) is 18. The first-order valence-electron chi connectivity index (χ1n) is 7.91. The van der Waals surface area contributed by atoms with Gasteiger partial charge < -0.3 is 82.3 Å². The summed E-state index contributed by atoms with van der Waals surface area (Å²) in [5.74, 6) is -8.41. The fraction of sp³-hybridized carbons (Fsp3) is 0.571. The Bertz CT molecular complexity index is 588. The Hall–Kier alpha value is -2.12. The molecule has 0 aromatic carbocycles. The van der Waals surface area contributed by atoms with Gasteiger partial charge in [0.2, 0.25) is 0 Å². The average molecular weight is 560 g/mol. The SMILES string of the molecule is N[C@@H](CC(=O)[O-])C(=O)[O-].N[C@@H](CC(=O)[O-])C(=O)[O-].N[C@@H](CS)C(=O)[O-].N[C@@H](CS)C(=O)[O-].[Fe+2].[H+].[H+]. The Morgan fingerprint density at radius 2 is 0.727 bits per heavy atom. The molecule has 16 nitrogen and oxygen atoms in total. The number of thiol groups is 2. The molecule has 194 valence electrons. The molecule has 0 saturated carbocycles. The van der Waals surface area contributed by atoms with Crippen LogP contribution in [0.2, 0.25) is 0 Å². The molecule has 8 N–H and O–H groups in total. The second-order valence-electron chi connectivity index (χ2n) is 5.22. The minimum absolute atomic E-state index is 0. The van der Waals surface area contributed by atoms with E-state index < -0.39 is 72.8 Å². The first-order chi connectivity index (χ1) is 14.4. The van der Waals surface area contributed by atoms with Gasteiger partial charge in [0, 0.05) is 48.4 Å². The number of carboxylic acids is 6. The van der Waals surface area contributed by atoms with Gasteiger partial charge in [-0.25, -0.2) is 0 Å². The maximum Gasteiger partial charge on any atom is 2.00 e. The van der Waals surface area contributed by atoms with Gasteiger partial charge in [-0.1, -0.05) is 0 Å². The molecule has 0 amide bonds. The van der Waals surface area contributed by atoms with Crippen molar-refractivity contribution in [2.24, 2.45) is 22.9 Å². The number of carboxylic acid groups (broad SMARTS) is 6. The van der Waals surface area contributed by atoms with Crippen molar-refractivity contribution in [3.63, 3.8) is 0 Å². The fourth-order valence-corrected chi connectivity index (χ4v) is 0.973. The summed E-state index contributed by atoms with van der Waals surface area (Å²) < 4.78 is 0. The summed E-state index contributed by atoms with van der Waals surface area (Å²) in [5.41, 5.74) is 19.2. The van der Waals surface area contributed by atoms with Crippen molar-refractivity contribution in [3.05, 3.63) is 0 Å². The Morgan fingerprint density at radius 1 is 0.545 bits per heavy atom. The molecule has 0 spiro atoms. The molecule has 33 heavy (non-hydrogen) atoms. The van der Waals surface area contributed by atoms with E-state index in [-0.39, 0.29) is 31.4 Å². The van der Waals surface area contributed by atoms with Crippen LogP contribution in [0.4, 0.5) is 0 Å². The van der Waals surface area contributed by atoms with Crippen LogP contribution in [0.15, 0.2) is 0 Å². The van der Waals surface area contributed by atoms with E-state index in [0.717, 1.165) is 0 Å². The second-order valence-corrected chi connectivity index (χ2v) is 5.95. The molecule has 4 atom stereocenters. The van der Waals surface area contributed by atoms with Crippen molar-refractivity contribution < 1.29 is 79.3 Å². The van der Waals surface area contributed by atoms with E-state index in [2.05, 4.69) is 25.3 Å². The third kappa shape index (κ3) is 34.7. The molecule has 0 bridgehead atoms. The molecule has 0 aromatic heterocycles. The van der Waals surface area contributed by atoms with Gasteiger partial charge in [0.1, 0.15) is 0 Å². The van der Waals surface area contributed by atoms with E-state index in [1.807, 2.05) is 0 Å². The summed E-state index contributed by atoms with van der Waals surface area (Å²) >= 11 is 7.22. The second kappa shape index (κ2) is 24.5. The summed E-state index contributed by atoms with van der Waals surface area (Å²) in [4.78, 5) is 58.0. The molecule has 0 aliphatic rings. The van der Waals surface area contributed by atoms with Crippen molar-refractivity contribution >= 4 is 61.1 Å². The number of nitrogens with two attached hydrogens (primary N) is 4. The number of hydrogen-bond donors (Lipinski definition) is 6. The van der Waals surface area contributed by atoms with Crippen molar-refractivity contribution in [1.29, 1.82) is 0 Å². The van der Waals surface area contributed by atoms with Gasteiger partial charge in [0.15, 0.2) is 0 Å². The summed E-state index contributed by atoms with van der Waals surface area (Å²) in [7, 11) is 0. The normalized spacial score (nSPS) is 12.5. The van der Waals surface area contributed by atoms with Crippen LogP contribution < -0.4 is 53.6 Å². The summed E-state index contributed by atoms with van der Waals surface area (Å²) in [5, 5.41) is 58.0. The van der Waals surface area contributed by atoms with Gasteiger partial charge in [-0.2, -0.15) is 25.3 Å². The quantitative estimate of drug-likeness (QED) is 0.107. The molecular formula is C14H24FeN4O12S2-2. The average Bonchev–Trinajstić information content (AvgIpc) is 2.66. The smallest absolute Gasteiger partial charge is 0.550 e. The first-order valence-corrected chi connectivity index (χ1v) is 9.17. The monoisotopic (exact) mass is 560 g/mol. The molecule has 0 unspecified atom stereocenters. The molecule has 0 radical (unpaired) electrons. The molecule has 0 heterocycles. The van der Waals surface area contributed by atoms with E-state index in [0.29, 0.717) is 0 Å². The van der Waals surface area contributed by atoms with Crippen molar-refractivity contribution in [2.45, 2.75) is 37.0 Å².